The molecule has 0 saturated carbocycles. The highest BCUT2D eigenvalue weighted by Crippen LogP contribution is 2.36. The molecule has 6 heteroatoms. The summed E-state index contributed by atoms with van der Waals surface area (Å²) in [4.78, 5) is 28.9. The number of methoxy groups -OCH3 is 2. The highest BCUT2D eigenvalue weighted by atomic mass is 16.5. The van der Waals surface area contributed by atoms with Gasteiger partial charge in [0.25, 0.3) is 11.8 Å². The number of carbonyl (C=O) groups is 2. The number of hydrogen-bond acceptors (Lipinski definition) is 5. The van der Waals surface area contributed by atoms with Crippen LogP contribution in [-0.2, 0) is 16.1 Å². The molecule has 1 aliphatic heterocycles. The van der Waals surface area contributed by atoms with E-state index in [1.54, 1.807) is 32.4 Å². The highest BCUT2D eigenvalue weighted by molar-refractivity contribution is 6.35. The average molecular weight is 380 g/mol. The van der Waals surface area contributed by atoms with E-state index in [2.05, 4.69) is 0 Å². The van der Waals surface area contributed by atoms with Crippen molar-refractivity contribution in [1.29, 1.82) is 0 Å². The van der Waals surface area contributed by atoms with Gasteiger partial charge in [-0.25, -0.2) is 0 Å². The first-order valence-electron chi connectivity index (χ1n) is 9.09. The molecule has 2 aromatic rings. The van der Waals surface area contributed by atoms with Crippen LogP contribution in [0.1, 0.15) is 18.1 Å². The zero-order valence-electron chi connectivity index (χ0n) is 16.6. The van der Waals surface area contributed by atoms with E-state index in [4.69, 9.17) is 9.47 Å². The Morgan fingerprint density at radius 1 is 0.929 bits per heavy atom. The van der Waals surface area contributed by atoms with Crippen LogP contribution >= 0.6 is 0 Å². The van der Waals surface area contributed by atoms with Crippen LogP contribution in [0.15, 0.2) is 54.2 Å². The molecule has 3 rings (SSSR count). The molecular weight excluding hydrogens is 356 g/mol. The maximum atomic E-state index is 12.9. The summed E-state index contributed by atoms with van der Waals surface area (Å²) in [7, 11) is 4.60. The number of benzene rings is 2. The van der Waals surface area contributed by atoms with Crippen molar-refractivity contribution in [3.8, 4) is 11.5 Å². The molecule has 2 amide bonds. The minimum Gasteiger partial charge on any atom is -0.493 e. The third-order valence-corrected chi connectivity index (χ3v) is 4.85. The molecule has 0 fully saturated rings. The van der Waals surface area contributed by atoms with Crippen molar-refractivity contribution in [3.63, 3.8) is 0 Å². The van der Waals surface area contributed by atoms with Crippen molar-refractivity contribution in [2.24, 2.45) is 0 Å². The Morgan fingerprint density at radius 3 is 2.21 bits per heavy atom. The first-order chi connectivity index (χ1) is 13.5. The van der Waals surface area contributed by atoms with E-state index in [0.717, 1.165) is 10.5 Å². The summed E-state index contributed by atoms with van der Waals surface area (Å²) in [6, 6.07) is 15.1. The normalized spacial score (nSPS) is 13.9. The largest absolute Gasteiger partial charge is 0.493 e. The molecular formula is C22H24N2O4. The predicted octanol–water partition coefficient (Wildman–Crippen LogP) is 2.94. The standard InChI is InChI=1S/C22H24N2O4/c1-5-24(14-15-9-7-6-8-10-15)20-19(21(25)23(2)22(20)26)16-11-12-17(27-3)18(13-16)28-4/h6-13H,5,14H2,1-4H3. The van der Waals surface area contributed by atoms with Crippen LogP contribution in [0, 0.1) is 0 Å². The van der Waals surface area contributed by atoms with E-state index in [1.165, 1.54) is 7.05 Å². The quantitative estimate of drug-likeness (QED) is 0.692. The number of amides is 2. The van der Waals surface area contributed by atoms with Crippen LogP contribution in [0.25, 0.3) is 5.57 Å². The van der Waals surface area contributed by atoms with Gasteiger partial charge < -0.3 is 14.4 Å². The minimum atomic E-state index is -0.321. The zero-order valence-corrected chi connectivity index (χ0v) is 16.6. The fraction of sp³-hybridized carbons (Fsp3) is 0.273. The maximum absolute atomic E-state index is 12.9. The van der Waals surface area contributed by atoms with Gasteiger partial charge in [0, 0.05) is 20.1 Å². The van der Waals surface area contributed by atoms with Gasteiger partial charge in [-0.15, -0.1) is 0 Å². The molecule has 0 atom stereocenters. The Labute approximate surface area is 165 Å². The van der Waals surface area contributed by atoms with E-state index in [9.17, 15) is 9.59 Å². The van der Waals surface area contributed by atoms with Crippen molar-refractivity contribution >= 4 is 17.4 Å². The molecule has 6 nitrogen and oxygen atoms in total. The van der Waals surface area contributed by atoms with E-state index in [1.807, 2.05) is 42.2 Å². The second-order valence-corrected chi connectivity index (χ2v) is 6.46. The molecule has 1 heterocycles. The topological polar surface area (TPSA) is 59.1 Å². The van der Waals surface area contributed by atoms with Gasteiger partial charge in [-0.3, -0.25) is 14.5 Å². The van der Waals surface area contributed by atoms with Crippen molar-refractivity contribution in [3.05, 3.63) is 65.4 Å². The van der Waals surface area contributed by atoms with Crippen LogP contribution in [0.5, 0.6) is 11.5 Å². The van der Waals surface area contributed by atoms with Gasteiger partial charge in [-0.05, 0) is 30.2 Å². The zero-order chi connectivity index (χ0) is 20.3. The molecule has 0 aromatic heterocycles. The molecule has 0 N–H and O–H groups in total. The molecule has 0 saturated heterocycles. The summed E-state index contributed by atoms with van der Waals surface area (Å²) < 4.78 is 10.7. The number of ether oxygens (including phenoxy) is 2. The minimum absolute atomic E-state index is 0.299. The number of carbonyl (C=O) groups excluding carboxylic acids is 2. The van der Waals surface area contributed by atoms with Gasteiger partial charge in [-0.1, -0.05) is 36.4 Å². The van der Waals surface area contributed by atoms with E-state index in [-0.39, 0.29) is 11.8 Å². The molecule has 0 spiro atoms. The summed E-state index contributed by atoms with van der Waals surface area (Å²) in [6.07, 6.45) is 0. The number of likely N-dealkylation sites (N-methyl/N-ethyl adjacent to an activating group) is 2. The van der Waals surface area contributed by atoms with Crippen LogP contribution in [0.3, 0.4) is 0 Å². The van der Waals surface area contributed by atoms with E-state index in [0.29, 0.717) is 41.4 Å². The molecule has 0 radical (unpaired) electrons. The lowest BCUT2D eigenvalue weighted by Crippen LogP contribution is -2.32. The van der Waals surface area contributed by atoms with E-state index >= 15 is 0 Å². The highest BCUT2D eigenvalue weighted by Gasteiger charge is 2.39. The maximum Gasteiger partial charge on any atom is 0.277 e. The molecule has 0 unspecified atom stereocenters. The smallest absolute Gasteiger partial charge is 0.277 e. The summed E-state index contributed by atoms with van der Waals surface area (Å²) in [5.41, 5.74) is 2.48. The van der Waals surface area contributed by atoms with Gasteiger partial charge >= 0.3 is 0 Å². The number of rotatable bonds is 7. The van der Waals surface area contributed by atoms with Crippen molar-refractivity contribution < 1.29 is 19.1 Å². The number of imide groups is 1. The van der Waals surface area contributed by atoms with Crippen molar-refractivity contribution in [2.45, 2.75) is 13.5 Å². The fourth-order valence-electron chi connectivity index (χ4n) is 3.33. The van der Waals surface area contributed by atoms with Crippen LogP contribution in [0.4, 0.5) is 0 Å². The van der Waals surface area contributed by atoms with Gasteiger partial charge in [0.2, 0.25) is 0 Å². The Bertz CT molecular complexity index is 921. The van der Waals surface area contributed by atoms with Crippen LogP contribution in [0.2, 0.25) is 0 Å². The lowest BCUT2D eigenvalue weighted by molar-refractivity contribution is -0.135. The third kappa shape index (κ3) is 3.45. The van der Waals surface area contributed by atoms with Crippen molar-refractivity contribution in [2.75, 3.05) is 27.8 Å². The number of nitrogens with zero attached hydrogens (tertiary/aromatic N) is 2. The lowest BCUT2D eigenvalue weighted by Gasteiger charge is -2.24. The Balaban J connectivity index is 2.11. The monoisotopic (exact) mass is 380 g/mol. The van der Waals surface area contributed by atoms with Gasteiger partial charge in [0.15, 0.2) is 11.5 Å². The number of hydrogen-bond donors (Lipinski definition) is 0. The van der Waals surface area contributed by atoms with Gasteiger partial charge in [0.1, 0.15) is 5.70 Å². The molecule has 0 bridgehead atoms. The molecule has 28 heavy (non-hydrogen) atoms. The summed E-state index contributed by atoms with van der Waals surface area (Å²) in [5.74, 6) is 0.453. The first kappa shape index (κ1) is 19.5. The SMILES string of the molecule is CCN(Cc1ccccc1)C1=C(c2ccc(OC)c(OC)c2)C(=O)N(C)C1=O. The van der Waals surface area contributed by atoms with E-state index < -0.39 is 0 Å². The second-order valence-electron chi connectivity index (χ2n) is 6.46. The Morgan fingerprint density at radius 2 is 1.61 bits per heavy atom. The van der Waals surface area contributed by atoms with Crippen molar-refractivity contribution in [1.82, 2.24) is 9.80 Å². The molecule has 2 aromatic carbocycles. The summed E-state index contributed by atoms with van der Waals surface area (Å²) >= 11 is 0. The lowest BCUT2D eigenvalue weighted by atomic mass is 10.0. The average Bonchev–Trinajstić information content (AvgIpc) is 2.96. The summed E-state index contributed by atoms with van der Waals surface area (Å²) in [6.45, 7) is 3.10. The first-order valence-corrected chi connectivity index (χ1v) is 9.09. The van der Waals surface area contributed by atoms with Crippen LogP contribution in [-0.4, -0.2) is 49.4 Å². The Kier molecular flexibility index (Phi) is 5.68. The Hall–Kier alpha value is -3.28. The molecule has 0 aliphatic carbocycles. The third-order valence-electron chi connectivity index (χ3n) is 4.85. The molecule has 1 aliphatic rings. The summed E-state index contributed by atoms with van der Waals surface area (Å²) in [5, 5.41) is 0. The molecule has 146 valence electrons. The predicted molar refractivity (Wildman–Crippen MR) is 107 cm³/mol. The van der Waals surface area contributed by atoms with Gasteiger partial charge in [0.05, 0.1) is 19.8 Å². The fourth-order valence-corrected chi connectivity index (χ4v) is 3.33. The van der Waals surface area contributed by atoms with Gasteiger partial charge in [-0.2, -0.15) is 0 Å². The van der Waals surface area contributed by atoms with Crippen LogP contribution < -0.4 is 9.47 Å². The second kappa shape index (κ2) is 8.17.